The molecule has 0 spiro atoms. The Kier molecular flexibility index (Phi) is 3.83. The molecule has 0 aromatic carbocycles. The highest BCUT2D eigenvalue weighted by atomic mass is 32.2. The van der Waals surface area contributed by atoms with Crippen LogP contribution >= 0.6 is 0 Å². The van der Waals surface area contributed by atoms with Crippen LogP contribution < -0.4 is 5.32 Å². The van der Waals surface area contributed by atoms with Crippen molar-refractivity contribution in [3.05, 3.63) is 0 Å². The van der Waals surface area contributed by atoms with Gasteiger partial charge in [0.05, 0.1) is 17.0 Å². The molecule has 114 valence electrons. The lowest BCUT2D eigenvalue weighted by molar-refractivity contribution is -0.146. The topological polar surface area (TPSA) is 83.6 Å². The Morgan fingerprint density at radius 1 is 1.25 bits per heavy atom. The molecule has 1 unspecified atom stereocenters. The molecule has 1 aliphatic carbocycles. The molecule has 6 nitrogen and oxygen atoms in total. The number of nitrogens with one attached hydrogen (secondary N) is 1. The molecule has 20 heavy (non-hydrogen) atoms. The van der Waals surface area contributed by atoms with Gasteiger partial charge in [-0.15, -0.1) is 0 Å². The third-order valence-corrected chi connectivity index (χ3v) is 6.53. The first kappa shape index (κ1) is 15.3. The van der Waals surface area contributed by atoms with E-state index in [1.54, 1.807) is 20.8 Å². The average Bonchev–Trinajstić information content (AvgIpc) is 3.12. The molecule has 2 amide bonds. The summed E-state index contributed by atoms with van der Waals surface area (Å²) < 4.78 is 23.4. The zero-order valence-electron chi connectivity index (χ0n) is 12.2. The second-order valence-electron chi connectivity index (χ2n) is 6.52. The number of sulfone groups is 1. The fourth-order valence-corrected chi connectivity index (χ4v) is 3.38. The summed E-state index contributed by atoms with van der Waals surface area (Å²) in [6, 6.07) is -0.480. The average molecular weight is 302 g/mol. The molecular weight excluding hydrogens is 280 g/mol. The van der Waals surface area contributed by atoms with E-state index in [1.165, 1.54) is 4.90 Å². The lowest BCUT2D eigenvalue weighted by Gasteiger charge is -2.35. The highest BCUT2D eigenvalue weighted by molar-refractivity contribution is 7.92. The van der Waals surface area contributed by atoms with Gasteiger partial charge in [-0.3, -0.25) is 9.59 Å². The van der Waals surface area contributed by atoms with Crippen molar-refractivity contribution in [2.75, 3.05) is 18.8 Å². The molecule has 1 heterocycles. The first-order chi connectivity index (χ1) is 9.13. The summed E-state index contributed by atoms with van der Waals surface area (Å²) in [5.74, 6) is -0.249. The van der Waals surface area contributed by atoms with E-state index in [0.29, 0.717) is 0 Å². The molecule has 0 aromatic heterocycles. The van der Waals surface area contributed by atoms with Gasteiger partial charge >= 0.3 is 0 Å². The first-order valence-electron chi connectivity index (χ1n) is 6.93. The summed E-state index contributed by atoms with van der Waals surface area (Å²) in [6.07, 6.45) is 1.85. The van der Waals surface area contributed by atoms with Gasteiger partial charge in [0.25, 0.3) is 0 Å². The minimum absolute atomic E-state index is 0.0301. The molecule has 2 fully saturated rings. The number of rotatable bonds is 4. The predicted octanol–water partition coefficient (Wildman–Crippen LogP) is -0.0633. The first-order valence-corrected chi connectivity index (χ1v) is 8.58. The molecule has 2 rings (SSSR count). The summed E-state index contributed by atoms with van der Waals surface area (Å²) >= 11 is 0. The van der Waals surface area contributed by atoms with Crippen LogP contribution in [0.15, 0.2) is 0 Å². The number of carbonyl (C=O) groups is 2. The number of hydrogen-bond donors (Lipinski definition) is 1. The summed E-state index contributed by atoms with van der Waals surface area (Å²) in [5, 5.41) is 2.58. The Balaban J connectivity index is 2.09. The Bertz CT molecular complexity index is 517. The van der Waals surface area contributed by atoms with Gasteiger partial charge in [-0.1, -0.05) is 0 Å². The van der Waals surface area contributed by atoms with Gasteiger partial charge in [0.15, 0.2) is 9.84 Å². The molecule has 1 saturated heterocycles. The van der Waals surface area contributed by atoms with Crippen LogP contribution in [0.3, 0.4) is 0 Å². The van der Waals surface area contributed by atoms with E-state index >= 15 is 0 Å². The highest BCUT2D eigenvalue weighted by Gasteiger charge is 2.45. The van der Waals surface area contributed by atoms with Crippen LogP contribution in [-0.4, -0.2) is 54.8 Å². The van der Waals surface area contributed by atoms with Crippen molar-refractivity contribution < 1.29 is 18.0 Å². The number of piperazine rings is 1. The quantitative estimate of drug-likeness (QED) is 0.788. The van der Waals surface area contributed by atoms with Crippen molar-refractivity contribution in [2.24, 2.45) is 5.92 Å². The largest absolute Gasteiger partial charge is 0.345 e. The fraction of sp³-hybridized carbons (Fsp3) is 0.846. The maximum Gasteiger partial charge on any atom is 0.243 e. The summed E-state index contributed by atoms with van der Waals surface area (Å²) in [7, 11) is -3.29. The van der Waals surface area contributed by atoms with Gasteiger partial charge < -0.3 is 10.2 Å². The number of amides is 2. The van der Waals surface area contributed by atoms with Crippen molar-refractivity contribution in [1.29, 1.82) is 0 Å². The van der Waals surface area contributed by atoms with E-state index in [9.17, 15) is 18.0 Å². The number of nitrogens with zero attached hydrogens (tertiary/aromatic N) is 1. The van der Waals surface area contributed by atoms with Gasteiger partial charge in [0.2, 0.25) is 11.8 Å². The Labute approximate surface area is 119 Å². The van der Waals surface area contributed by atoms with Gasteiger partial charge in [-0.25, -0.2) is 8.42 Å². The second-order valence-corrected chi connectivity index (χ2v) is 9.38. The van der Waals surface area contributed by atoms with Crippen molar-refractivity contribution in [3.63, 3.8) is 0 Å². The molecule has 0 radical (unpaired) electrons. The maximum absolute atomic E-state index is 12.1. The van der Waals surface area contributed by atoms with Crippen LogP contribution in [0, 0.1) is 5.92 Å². The molecule has 2 aliphatic rings. The van der Waals surface area contributed by atoms with E-state index < -0.39 is 20.6 Å². The summed E-state index contributed by atoms with van der Waals surface area (Å²) in [5.41, 5.74) is 0. The normalized spacial score (nSPS) is 24.8. The zero-order chi connectivity index (χ0) is 15.1. The van der Waals surface area contributed by atoms with Crippen molar-refractivity contribution in [2.45, 2.75) is 44.4 Å². The van der Waals surface area contributed by atoms with Gasteiger partial charge in [0, 0.05) is 6.54 Å². The third-order valence-electron chi connectivity index (χ3n) is 3.94. The maximum atomic E-state index is 12.1. The monoisotopic (exact) mass is 302 g/mol. The van der Waals surface area contributed by atoms with E-state index in [4.69, 9.17) is 0 Å². The van der Waals surface area contributed by atoms with Crippen LogP contribution in [-0.2, 0) is 19.4 Å². The molecule has 7 heteroatoms. The highest BCUT2D eigenvalue weighted by Crippen LogP contribution is 2.36. The predicted molar refractivity (Wildman–Crippen MR) is 74.8 cm³/mol. The van der Waals surface area contributed by atoms with Crippen LogP contribution in [0.2, 0.25) is 0 Å². The fourth-order valence-electron chi connectivity index (χ4n) is 2.33. The van der Waals surface area contributed by atoms with Crippen LogP contribution in [0.4, 0.5) is 0 Å². The SMILES string of the molecule is CC(C)(C)S(=O)(=O)CCN1C(=O)CNC(=O)C1C1CC1. The van der Waals surface area contributed by atoms with Gasteiger partial charge in [0.1, 0.15) is 6.04 Å². The zero-order valence-corrected chi connectivity index (χ0v) is 13.0. The minimum Gasteiger partial charge on any atom is -0.345 e. The van der Waals surface area contributed by atoms with Crippen molar-refractivity contribution >= 4 is 21.7 Å². The second kappa shape index (κ2) is 5.02. The molecule has 1 aliphatic heterocycles. The van der Waals surface area contributed by atoms with E-state index in [-0.39, 0.29) is 36.6 Å². The van der Waals surface area contributed by atoms with Crippen molar-refractivity contribution in [1.82, 2.24) is 10.2 Å². The van der Waals surface area contributed by atoms with Gasteiger partial charge in [-0.2, -0.15) is 0 Å². The molecule has 0 aromatic rings. The smallest absolute Gasteiger partial charge is 0.243 e. The third kappa shape index (κ3) is 2.97. The van der Waals surface area contributed by atoms with Crippen LogP contribution in [0.25, 0.3) is 0 Å². The van der Waals surface area contributed by atoms with Gasteiger partial charge in [-0.05, 0) is 39.5 Å². The number of carbonyl (C=O) groups excluding carboxylic acids is 2. The lowest BCUT2D eigenvalue weighted by atomic mass is 10.1. The molecular formula is C13H22N2O4S. The van der Waals surface area contributed by atoms with E-state index in [2.05, 4.69) is 5.32 Å². The number of hydrogen-bond acceptors (Lipinski definition) is 4. The summed E-state index contributed by atoms with van der Waals surface area (Å²) in [6.45, 7) is 5.01. The Hall–Kier alpha value is -1.11. The standard InChI is InChI=1S/C13H22N2O4S/c1-13(2,3)20(18,19)7-6-15-10(16)8-14-12(17)11(15)9-4-5-9/h9,11H,4-8H2,1-3H3,(H,14,17). The Morgan fingerprint density at radius 2 is 1.85 bits per heavy atom. The molecule has 0 bridgehead atoms. The molecule has 1 saturated carbocycles. The van der Waals surface area contributed by atoms with Crippen LogP contribution in [0.1, 0.15) is 33.6 Å². The lowest BCUT2D eigenvalue weighted by Crippen LogP contribution is -2.60. The van der Waals surface area contributed by atoms with E-state index in [0.717, 1.165) is 12.8 Å². The summed E-state index contributed by atoms with van der Waals surface area (Å²) in [4.78, 5) is 25.3. The molecule has 1 atom stereocenters. The molecule has 1 N–H and O–H groups in total. The Morgan fingerprint density at radius 3 is 2.35 bits per heavy atom. The minimum atomic E-state index is -3.29. The van der Waals surface area contributed by atoms with Crippen LogP contribution in [0.5, 0.6) is 0 Å². The van der Waals surface area contributed by atoms with Crippen molar-refractivity contribution in [3.8, 4) is 0 Å². The van der Waals surface area contributed by atoms with E-state index in [1.807, 2.05) is 0 Å².